The lowest BCUT2D eigenvalue weighted by molar-refractivity contribution is 0.816. The van der Waals surface area contributed by atoms with Crippen molar-refractivity contribution < 1.29 is 0 Å². The van der Waals surface area contributed by atoms with Gasteiger partial charge in [0.2, 0.25) is 4.73 Å². The molecule has 68 valence electrons. The minimum Gasteiger partial charge on any atom is -0.316 e. The van der Waals surface area contributed by atoms with Crippen LogP contribution in [0.15, 0.2) is 23.1 Å². The van der Waals surface area contributed by atoms with Gasteiger partial charge in [-0.2, -0.15) is 0 Å². The van der Waals surface area contributed by atoms with Crippen LogP contribution >= 0.6 is 15.9 Å². The maximum Gasteiger partial charge on any atom is 0.204 e. The summed E-state index contributed by atoms with van der Waals surface area (Å²) in [5.74, 6) is 0. The molecule has 0 atom stereocenters. The fraction of sp³-hybridized carbons (Fsp3) is 0.250. The average Bonchev–Trinajstić information content (AvgIpc) is 2.50. The van der Waals surface area contributed by atoms with E-state index in [0.717, 1.165) is 22.5 Å². The predicted molar refractivity (Wildman–Crippen MR) is 53.5 cm³/mol. The summed E-state index contributed by atoms with van der Waals surface area (Å²) in [6.45, 7) is 0.801. The van der Waals surface area contributed by atoms with Gasteiger partial charge in [0.25, 0.3) is 0 Å². The summed E-state index contributed by atoms with van der Waals surface area (Å²) < 4.78 is 2.65. The molecule has 2 rings (SSSR count). The number of halogens is 1. The van der Waals surface area contributed by atoms with Crippen molar-refractivity contribution in [3.8, 4) is 0 Å². The molecule has 0 saturated heterocycles. The molecular formula is C8H9BrN4. The molecule has 0 fully saturated rings. The lowest BCUT2D eigenvalue weighted by atomic mass is 10.3. The summed E-state index contributed by atoms with van der Waals surface area (Å²) >= 11 is 3.32. The summed E-state index contributed by atoms with van der Waals surface area (Å²) in [4.78, 5) is 0. The van der Waals surface area contributed by atoms with Crippen LogP contribution in [0, 0.1) is 0 Å². The lowest BCUT2D eigenvalue weighted by Crippen LogP contribution is -2.06. The first-order valence-electron chi connectivity index (χ1n) is 3.95. The summed E-state index contributed by atoms with van der Waals surface area (Å²) in [6, 6.07) is 4.01. The zero-order valence-electron chi connectivity index (χ0n) is 7.16. The normalized spacial score (nSPS) is 10.9. The molecule has 0 aromatic carbocycles. The van der Waals surface area contributed by atoms with E-state index in [9.17, 15) is 0 Å². The van der Waals surface area contributed by atoms with Gasteiger partial charge in [0.15, 0.2) is 5.65 Å². The van der Waals surface area contributed by atoms with Crippen molar-refractivity contribution in [2.45, 2.75) is 6.54 Å². The van der Waals surface area contributed by atoms with Crippen LogP contribution in [0.5, 0.6) is 0 Å². The molecule has 0 radical (unpaired) electrons. The van der Waals surface area contributed by atoms with E-state index in [2.05, 4.69) is 31.4 Å². The van der Waals surface area contributed by atoms with Gasteiger partial charge in [-0.25, -0.2) is 0 Å². The zero-order valence-corrected chi connectivity index (χ0v) is 8.74. The Kier molecular flexibility index (Phi) is 2.28. The van der Waals surface area contributed by atoms with Crippen molar-refractivity contribution >= 4 is 21.6 Å². The topological polar surface area (TPSA) is 42.2 Å². The predicted octanol–water partition coefficient (Wildman–Crippen LogP) is 1.21. The van der Waals surface area contributed by atoms with Crippen LogP contribution in [0.2, 0.25) is 0 Å². The third-order valence-electron chi connectivity index (χ3n) is 1.84. The molecule has 0 unspecified atom stereocenters. The molecule has 0 aliphatic heterocycles. The highest BCUT2D eigenvalue weighted by molar-refractivity contribution is 9.10. The zero-order chi connectivity index (χ0) is 9.26. The Morgan fingerprint density at radius 2 is 2.38 bits per heavy atom. The van der Waals surface area contributed by atoms with Crippen LogP contribution in [0.25, 0.3) is 5.65 Å². The Balaban J connectivity index is 2.63. The number of hydrogen-bond acceptors (Lipinski definition) is 3. The molecule has 13 heavy (non-hydrogen) atoms. The van der Waals surface area contributed by atoms with Crippen LogP contribution in [0.3, 0.4) is 0 Å². The van der Waals surface area contributed by atoms with E-state index in [4.69, 9.17) is 0 Å². The molecule has 1 N–H and O–H groups in total. The smallest absolute Gasteiger partial charge is 0.204 e. The summed E-state index contributed by atoms with van der Waals surface area (Å²) in [5, 5.41) is 11.1. The van der Waals surface area contributed by atoms with Gasteiger partial charge in [0, 0.05) is 18.3 Å². The van der Waals surface area contributed by atoms with Gasteiger partial charge >= 0.3 is 0 Å². The molecule has 2 heterocycles. The molecule has 2 aromatic heterocycles. The number of nitrogens with one attached hydrogen (secondary N) is 1. The van der Waals surface area contributed by atoms with Gasteiger partial charge in [0.1, 0.15) is 0 Å². The van der Waals surface area contributed by atoms with Gasteiger partial charge in [-0.15, -0.1) is 10.2 Å². The van der Waals surface area contributed by atoms with Crippen LogP contribution in [0.4, 0.5) is 0 Å². The van der Waals surface area contributed by atoms with E-state index in [1.807, 2.05) is 29.8 Å². The highest BCUT2D eigenvalue weighted by atomic mass is 79.9. The second kappa shape index (κ2) is 3.43. The molecule has 0 saturated carbocycles. The Morgan fingerprint density at radius 1 is 1.54 bits per heavy atom. The second-order valence-electron chi connectivity index (χ2n) is 2.73. The van der Waals surface area contributed by atoms with Gasteiger partial charge in [-0.3, -0.25) is 4.40 Å². The third kappa shape index (κ3) is 1.45. The first-order chi connectivity index (χ1) is 6.33. The number of hydrogen-bond donors (Lipinski definition) is 1. The number of pyridine rings is 1. The minimum atomic E-state index is 0.737. The molecule has 0 spiro atoms. The Bertz CT molecular complexity index is 423. The number of rotatable bonds is 2. The maximum atomic E-state index is 4.06. The van der Waals surface area contributed by atoms with Gasteiger partial charge in [-0.1, -0.05) is 6.07 Å². The quantitative estimate of drug-likeness (QED) is 0.859. The van der Waals surface area contributed by atoms with Crippen LogP contribution in [-0.2, 0) is 6.54 Å². The van der Waals surface area contributed by atoms with E-state index in [1.165, 1.54) is 0 Å². The first kappa shape index (κ1) is 8.65. The second-order valence-corrected chi connectivity index (χ2v) is 3.44. The summed E-state index contributed by atoms with van der Waals surface area (Å²) in [6.07, 6.45) is 1.93. The minimum absolute atomic E-state index is 0.737. The van der Waals surface area contributed by atoms with Crippen LogP contribution in [-0.4, -0.2) is 21.6 Å². The maximum absolute atomic E-state index is 4.06. The van der Waals surface area contributed by atoms with Crippen molar-refractivity contribution in [2.24, 2.45) is 0 Å². The Morgan fingerprint density at radius 3 is 3.15 bits per heavy atom. The molecule has 0 amide bonds. The average molecular weight is 241 g/mol. The third-order valence-corrected chi connectivity index (χ3v) is 2.38. The number of aromatic nitrogens is 3. The first-order valence-corrected chi connectivity index (χ1v) is 4.75. The molecule has 0 aliphatic rings. The fourth-order valence-corrected chi connectivity index (χ4v) is 1.64. The van der Waals surface area contributed by atoms with Crippen molar-refractivity contribution in [3.63, 3.8) is 0 Å². The molecule has 4 nitrogen and oxygen atoms in total. The molecule has 2 aromatic rings. The van der Waals surface area contributed by atoms with Crippen molar-refractivity contribution in [2.75, 3.05) is 7.05 Å². The van der Waals surface area contributed by atoms with E-state index in [1.54, 1.807) is 0 Å². The van der Waals surface area contributed by atoms with Crippen molar-refractivity contribution in [3.05, 3.63) is 28.6 Å². The Labute approximate surface area is 84.1 Å². The molecule has 5 heteroatoms. The van der Waals surface area contributed by atoms with Gasteiger partial charge in [-0.05, 0) is 29.0 Å². The van der Waals surface area contributed by atoms with E-state index in [-0.39, 0.29) is 0 Å². The van der Waals surface area contributed by atoms with E-state index < -0.39 is 0 Å². The van der Waals surface area contributed by atoms with E-state index >= 15 is 0 Å². The molecule has 0 bridgehead atoms. The van der Waals surface area contributed by atoms with Crippen LogP contribution in [0.1, 0.15) is 5.56 Å². The highest BCUT2D eigenvalue weighted by Crippen LogP contribution is 2.13. The van der Waals surface area contributed by atoms with Crippen molar-refractivity contribution in [1.29, 1.82) is 0 Å². The summed E-state index contributed by atoms with van der Waals surface area (Å²) in [7, 11) is 1.91. The standard InChI is InChI=1S/C8H9BrN4/c1-10-5-6-3-2-4-13-7(6)11-12-8(13)9/h2-4,10H,5H2,1H3. The SMILES string of the molecule is CNCc1cccn2c(Br)nnc12. The summed E-state index contributed by atoms with van der Waals surface area (Å²) in [5.41, 5.74) is 2.03. The van der Waals surface area contributed by atoms with Crippen molar-refractivity contribution in [1.82, 2.24) is 19.9 Å². The highest BCUT2D eigenvalue weighted by Gasteiger charge is 2.05. The largest absolute Gasteiger partial charge is 0.316 e. The van der Waals surface area contributed by atoms with E-state index in [0.29, 0.717) is 0 Å². The van der Waals surface area contributed by atoms with Gasteiger partial charge in [0.05, 0.1) is 0 Å². The monoisotopic (exact) mass is 240 g/mol. The lowest BCUT2D eigenvalue weighted by Gasteiger charge is -2.00. The van der Waals surface area contributed by atoms with Crippen LogP contribution < -0.4 is 5.32 Å². The molecular weight excluding hydrogens is 232 g/mol. The number of nitrogens with zero attached hydrogens (tertiary/aromatic N) is 3. The number of fused-ring (bicyclic) bond motifs is 1. The molecule has 0 aliphatic carbocycles. The fourth-order valence-electron chi connectivity index (χ4n) is 1.27. The Hall–Kier alpha value is -0.940. The van der Waals surface area contributed by atoms with Gasteiger partial charge < -0.3 is 5.32 Å².